The maximum atomic E-state index is 13.0. The van der Waals surface area contributed by atoms with Crippen molar-refractivity contribution in [1.82, 2.24) is 9.62 Å². The summed E-state index contributed by atoms with van der Waals surface area (Å²) in [5.74, 6) is -0.118. The third-order valence-corrected chi connectivity index (χ3v) is 8.79. The Labute approximate surface area is 193 Å². The summed E-state index contributed by atoms with van der Waals surface area (Å²) >= 11 is 1.36. The summed E-state index contributed by atoms with van der Waals surface area (Å²) in [4.78, 5) is 27.7. The molecule has 1 saturated heterocycles. The number of rotatable bonds is 7. The highest BCUT2D eigenvalue weighted by Gasteiger charge is 2.31. The van der Waals surface area contributed by atoms with Crippen molar-refractivity contribution in [2.24, 2.45) is 0 Å². The number of thioether (sulfide) groups is 1. The van der Waals surface area contributed by atoms with Crippen molar-refractivity contribution in [1.29, 1.82) is 0 Å². The molecule has 0 spiro atoms. The molecule has 0 aromatic heterocycles. The Bertz CT molecular complexity index is 1100. The van der Waals surface area contributed by atoms with Crippen LogP contribution in [0.25, 0.3) is 0 Å². The van der Waals surface area contributed by atoms with Crippen LogP contribution in [-0.2, 0) is 19.6 Å². The van der Waals surface area contributed by atoms with Crippen LogP contribution in [0.4, 0.5) is 5.69 Å². The maximum Gasteiger partial charge on any atom is 0.243 e. The molecule has 2 aliphatic heterocycles. The fourth-order valence-corrected chi connectivity index (χ4v) is 6.41. The van der Waals surface area contributed by atoms with Gasteiger partial charge in [-0.3, -0.25) is 9.59 Å². The smallest absolute Gasteiger partial charge is 0.243 e. The number of hydrogen-bond donors (Lipinski definition) is 1. The van der Waals surface area contributed by atoms with E-state index in [1.807, 2.05) is 37.3 Å². The van der Waals surface area contributed by atoms with Gasteiger partial charge in [-0.25, -0.2) is 8.42 Å². The molecule has 32 heavy (non-hydrogen) atoms. The van der Waals surface area contributed by atoms with Gasteiger partial charge in [0.25, 0.3) is 0 Å². The van der Waals surface area contributed by atoms with Crippen molar-refractivity contribution in [3.63, 3.8) is 0 Å². The first-order chi connectivity index (χ1) is 15.4. The highest BCUT2D eigenvalue weighted by Crippen LogP contribution is 2.37. The van der Waals surface area contributed by atoms with Crippen LogP contribution in [-0.4, -0.2) is 56.5 Å². The molecule has 0 unspecified atom stereocenters. The molecule has 9 heteroatoms. The standard InChI is InChI=1S/C23H27N3O4S2/c1-17(18-7-3-2-4-8-18)14-24-22(27)15-26-20-13-19(9-10-21(20)31-16-23(26)28)32(29,30)25-11-5-6-12-25/h2-4,7-10,13,17H,5-6,11-12,14-16H2,1H3,(H,24,27)/t17-/m1/s1. The summed E-state index contributed by atoms with van der Waals surface area (Å²) in [5, 5.41) is 2.90. The minimum absolute atomic E-state index is 0.136. The molecular formula is C23H27N3O4S2. The zero-order chi connectivity index (χ0) is 22.7. The van der Waals surface area contributed by atoms with Crippen LogP contribution in [0.15, 0.2) is 58.3 Å². The third-order valence-electron chi connectivity index (χ3n) is 5.85. The highest BCUT2D eigenvalue weighted by molar-refractivity contribution is 8.00. The van der Waals surface area contributed by atoms with Crippen LogP contribution in [0.3, 0.4) is 0 Å². The molecule has 170 valence electrons. The number of nitrogens with zero attached hydrogens (tertiary/aromatic N) is 2. The lowest BCUT2D eigenvalue weighted by Crippen LogP contribution is -2.44. The second kappa shape index (κ2) is 9.64. The molecule has 2 aliphatic rings. The van der Waals surface area contributed by atoms with Gasteiger partial charge in [0.2, 0.25) is 21.8 Å². The molecule has 1 N–H and O–H groups in total. The van der Waals surface area contributed by atoms with E-state index in [1.54, 1.807) is 12.1 Å². The summed E-state index contributed by atoms with van der Waals surface area (Å²) < 4.78 is 27.4. The van der Waals surface area contributed by atoms with Gasteiger partial charge in [-0.1, -0.05) is 37.3 Å². The second-order valence-corrected chi connectivity index (χ2v) is 11.1. The number of fused-ring (bicyclic) bond motifs is 1. The van der Waals surface area contributed by atoms with Gasteiger partial charge >= 0.3 is 0 Å². The number of nitrogens with one attached hydrogen (secondary N) is 1. The van der Waals surface area contributed by atoms with Crippen LogP contribution < -0.4 is 10.2 Å². The Morgan fingerprint density at radius 1 is 1.12 bits per heavy atom. The van der Waals surface area contributed by atoms with Crippen molar-refractivity contribution < 1.29 is 18.0 Å². The van der Waals surface area contributed by atoms with E-state index in [0.717, 1.165) is 23.3 Å². The molecule has 2 aromatic rings. The van der Waals surface area contributed by atoms with Crippen molar-refractivity contribution >= 4 is 39.3 Å². The van der Waals surface area contributed by atoms with Crippen LogP contribution in [0, 0.1) is 0 Å². The summed E-state index contributed by atoms with van der Waals surface area (Å²) in [6.45, 7) is 3.37. The molecule has 2 amide bonds. The van der Waals surface area contributed by atoms with Gasteiger partial charge in [0.15, 0.2) is 0 Å². The SMILES string of the molecule is C[C@H](CNC(=O)CN1C(=O)CSc2ccc(S(=O)(=O)N3CCCC3)cc21)c1ccccc1. The van der Waals surface area contributed by atoms with Crippen LogP contribution in [0.2, 0.25) is 0 Å². The minimum Gasteiger partial charge on any atom is -0.354 e. The van der Waals surface area contributed by atoms with E-state index in [9.17, 15) is 18.0 Å². The van der Waals surface area contributed by atoms with Crippen LogP contribution in [0.1, 0.15) is 31.2 Å². The fraction of sp³-hybridized carbons (Fsp3) is 0.391. The average molecular weight is 474 g/mol. The van der Waals surface area contributed by atoms with Crippen molar-refractivity contribution in [2.75, 3.05) is 36.8 Å². The van der Waals surface area contributed by atoms with E-state index in [2.05, 4.69) is 5.32 Å². The van der Waals surface area contributed by atoms with E-state index in [-0.39, 0.29) is 34.9 Å². The number of carbonyl (C=O) groups is 2. The predicted octanol–water partition coefficient (Wildman–Crippen LogP) is 2.83. The Morgan fingerprint density at radius 2 is 1.84 bits per heavy atom. The summed E-state index contributed by atoms with van der Waals surface area (Å²) in [6, 6.07) is 14.8. The van der Waals surface area contributed by atoms with Crippen molar-refractivity contribution in [3.8, 4) is 0 Å². The lowest BCUT2D eigenvalue weighted by molar-refractivity contribution is -0.123. The monoisotopic (exact) mass is 473 g/mol. The van der Waals surface area contributed by atoms with Gasteiger partial charge in [0.05, 0.1) is 16.3 Å². The molecular weight excluding hydrogens is 446 g/mol. The average Bonchev–Trinajstić information content (AvgIpc) is 3.35. The normalized spacial score (nSPS) is 17.8. The molecule has 1 fully saturated rings. The molecule has 7 nitrogen and oxygen atoms in total. The van der Waals surface area contributed by atoms with E-state index >= 15 is 0 Å². The van der Waals surface area contributed by atoms with Crippen molar-refractivity contribution in [3.05, 3.63) is 54.1 Å². The van der Waals surface area contributed by atoms with E-state index in [1.165, 1.54) is 27.0 Å². The topological polar surface area (TPSA) is 86.8 Å². The first-order valence-corrected chi connectivity index (χ1v) is 13.2. The Kier molecular flexibility index (Phi) is 6.88. The second-order valence-electron chi connectivity index (χ2n) is 8.13. The number of hydrogen-bond acceptors (Lipinski definition) is 5. The molecule has 0 radical (unpaired) electrons. The van der Waals surface area contributed by atoms with Gasteiger partial charge in [0.1, 0.15) is 6.54 Å². The highest BCUT2D eigenvalue weighted by atomic mass is 32.2. The lowest BCUT2D eigenvalue weighted by atomic mass is 10.0. The molecule has 2 heterocycles. The van der Waals surface area contributed by atoms with Crippen molar-refractivity contribution in [2.45, 2.75) is 35.5 Å². The van der Waals surface area contributed by atoms with Gasteiger partial charge in [-0.2, -0.15) is 4.31 Å². The largest absolute Gasteiger partial charge is 0.354 e. The first-order valence-electron chi connectivity index (χ1n) is 10.8. The predicted molar refractivity (Wildman–Crippen MR) is 125 cm³/mol. The minimum atomic E-state index is -3.61. The van der Waals surface area contributed by atoms with E-state index in [0.29, 0.717) is 25.3 Å². The Morgan fingerprint density at radius 3 is 2.56 bits per heavy atom. The lowest BCUT2D eigenvalue weighted by Gasteiger charge is -2.29. The van der Waals surface area contributed by atoms with Gasteiger partial charge in [0, 0.05) is 24.5 Å². The molecule has 0 bridgehead atoms. The number of sulfonamides is 1. The fourth-order valence-electron chi connectivity index (χ4n) is 3.96. The zero-order valence-corrected chi connectivity index (χ0v) is 19.6. The quantitative estimate of drug-likeness (QED) is 0.668. The van der Waals surface area contributed by atoms with Crippen LogP contribution >= 0.6 is 11.8 Å². The summed E-state index contributed by atoms with van der Waals surface area (Å²) in [7, 11) is -3.61. The van der Waals surface area contributed by atoms with E-state index < -0.39 is 10.0 Å². The third kappa shape index (κ3) is 4.84. The van der Waals surface area contributed by atoms with Gasteiger partial charge in [-0.05, 0) is 42.5 Å². The molecule has 0 saturated carbocycles. The first kappa shape index (κ1) is 22.8. The number of carbonyl (C=O) groups excluding carboxylic acids is 2. The molecule has 0 aliphatic carbocycles. The van der Waals surface area contributed by atoms with Crippen LogP contribution in [0.5, 0.6) is 0 Å². The number of benzene rings is 2. The maximum absolute atomic E-state index is 13.0. The van der Waals surface area contributed by atoms with Gasteiger partial charge < -0.3 is 10.2 Å². The Hall–Kier alpha value is -2.36. The van der Waals surface area contributed by atoms with Gasteiger partial charge in [-0.15, -0.1) is 11.8 Å². The number of anilines is 1. The molecule has 4 rings (SSSR count). The number of amides is 2. The van der Waals surface area contributed by atoms with E-state index in [4.69, 9.17) is 0 Å². The molecule has 1 atom stereocenters. The summed E-state index contributed by atoms with van der Waals surface area (Å²) in [5.41, 5.74) is 1.61. The zero-order valence-electron chi connectivity index (χ0n) is 18.0. The molecule has 2 aromatic carbocycles. The Balaban J connectivity index is 1.49. The summed E-state index contributed by atoms with van der Waals surface area (Å²) in [6.07, 6.45) is 1.71.